The van der Waals surface area contributed by atoms with Crippen LogP contribution in [0.2, 0.25) is 0 Å². The van der Waals surface area contributed by atoms with Crippen molar-refractivity contribution < 1.29 is 0 Å². The van der Waals surface area contributed by atoms with Gasteiger partial charge in [-0.1, -0.05) is 45.4 Å². The lowest BCUT2D eigenvalue weighted by Gasteiger charge is -2.05. The highest BCUT2D eigenvalue weighted by Crippen LogP contribution is 2.38. The smallest absolute Gasteiger partial charge is 0.127 e. The van der Waals surface area contributed by atoms with Gasteiger partial charge in [0.15, 0.2) is 0 Å². The van der Waals surface area contributed by atoms with Gasteiger partial charge in [-0.25, -0.2) is 4.98 Å². The van der Waals surface area contributed by atoms with Gasteiger partial charge in [0.1, 0.15) is 11.6 Å². The number of anilines is 1. The Morgan fingerprint density at radius 3 is 2.37 bits per heavy atom. The Bertz CT molecular complexity index is 391. The maximum absolute atomic E-state index is 6.23. The fourth-order valence-electron chi connectivity index (χ4n) is 2.85. The highest BCUT2D eigenvalue weighted by atomic mass is 15.2. The third-order valence-corrected chi connectivity index (χ3v) is 4.13. The fraction of sp³-hybridized carbons (Fsp3) is 0.812. The van der Waals surface area contributed by atoms with Gasteiger partial charge in [0.25, 0.3) is 0 Å². The maximum Gasteiger partial charge on any atom is 0.127 e. The summed E-state index contributed by atoms with van der Waals surface area (Å²) >= 11 is 0. The number of aryl methyl sites for hydroxylation is 2. The van der Waals surface area contributed by atoms with Crippen molar-refractivity contribution in [2.75, 3.05) is 5.73 Å². The topological polar surface area (TPSA) is 43.8 Å². The fourth-order valence-corrected chi connectivity index (χ4v) is 2.85. The number of nitrogens with zero attached hydrogens (tertiary/aromatic N) is 2. The Morgan fingerprint density at radius 2 is 1.74 bits per heavy atom. The molecule has 2 rings (SSSR count). The second kappa shape index (κ2) is 6.97. The van der Waals surface area contributed by atoms with Gasteiger partial charge in [0, 0.05) is 6.04 Å². The molecule has 1 heterocycles. The van der Waals surface area contributed by atoms with E-state index in [1.807, 2.05) is 0 Å². The van der Waals surface area contributed by atoms with Crippen molar-refractivity contribution in [1.82, 2.24) is 9.55 Å². The van der Waals surface area contributed by atoms with Crippen molar-refractivity contribution in [3.8, 4) is 0 Å². The predicted molar refractivity (Wildman–Crippen MR) is 81.3 cm³/mol. The summed E-state index contributed by atoms with van der Waals surface area (Å²) in [7, 11) is 0. The molecule has 0 aliphatic heterocycles. The molecular weight excluding hydrogens is 234 g/mol. The Kier molecular flexibility index (Phi) is 5.29. The number of hydrogen-bond donors (Lipinski definition) is 1. The monoisotopic (exact) mass is 263 g/mol. The summed E-state index contributed by atoms with van der Waals surface area (Å²) in [5.74, 6) is 2.05. The van der Waals surface area contributed by atoms with Crippen molar-refractivity contribution in [3.05, 3.63) is 11.5 Å². The zero-order valence-electron chi connectivity index (χ0n) is 12.6. The molecule has 0 spiro atoms. The lowest BCUT2D eigenvalue weighted by molar-refractivity contribution is 0.588. The second-order valence-electron chi connectivity index (χ2n) is 5.96. The molecule has 1 saturated carbocycles. The molecule has 1 fully saturated rings. The third kappa shape index (κ3) is 3.99. The van der Waals surface area contributed by atoms with E-state index in [-0.39, 0.29) is 0 Å². The molecule has 0 saturated heterocycles. The largest absolute Gasteiger partial charge is 0.384 e. The molecule has 2 N–H and O–H groups in total. The van der Waals surface area contributed by atoms with Crippen LogP contribution < -0.4 is 5.73 Å². The van der Waals surface area contributed by atoms with Gasteiger partial charge in [0.05, 0.1) is 5.69 Å². The lowest BCUT2D eigenvalue weighted by Crippen LogP contribution is -2.03. The Balaban J connectivity index is 1.70. The molecule has 19 heavy (non-hydrogen) atoms. The summed E-state index contributed by atoms with van der Waals surface area (Å²) in [4.78, 5) is 4.66. The summed E-state index contributed by atoms with van der Waals surface area (Å²) in [5, 5.41) is 0. The highest BCUT2D eigenvalue weighted by Gasteiger charge is 2.28. The normalized spacial score (nSPS) is 15.1. The minimum Gasteiger partial charge on any atom is -0.384 e. The van der Waals surface area contributed by atoms with Gasteiger partial charge in [0.2, 0.25) is 0 Å². The van der Waals surface area contributed by atoms with Gasteiger partial charge in [-0.2, -0.15) is 0 Å². The molecule has 3 nitrogen and oxygen atoms in total. The number of imidazole rings is 1. The lowest BCUT2D eigenvalue weighted by atomic mass is 10.1. The van der Waals surface area contributed by atoms with Gasteiger partial charge >= 0.3 is 0 Å². The first-order valence-electron chi connectivity index (χ1n) is 8.07. The van der Waals surface area contributed by atoms with Crippen molar-refractivity contribution in [2.45, 2.75) is 84.1 Å². The zero-order chi connectivity index (χ0) is 13.7. The van der Waals surface area contributed by atoms with Crippen LogP contribution in [0.3, 0.4) is 0 Å². The first-order chi connectivity index (χ1) is 9.24. The molecule has 0 atom stereocenters. The predicted octanol–water partition coefficient (Wildman–Crippen LogP) is 4.40. The maximum atomic E-state index is 6.23. The minimum absolute atomic E-state index is 0.648. The van der Waals surface area contributed by atoms with Gasteiger partial charge in [-0.05, 0) is 32.6 Å². The standard InChI is InChI=1S/C16H29N3/c1-3-4-5-6-7-8-9-10-15-16(17)19(13(2)18-15)14-11-12-14/h14H,3-12,17H2,1-2H3. The van der Waals surface area contributed by atoms with Crippen molar-refractivity contribution in [1.29, 1.82) is 0 Å². The summed E-state index contributed by atoms with van der Waals surface area (Å²) in [6.07, 6.45) is 13.0. The molecule has 0 radical (unpaired) electrons. The summed E-state index contributed by atoms with van der Waals surface area (Å²) in [6, 6.07) is 0.648. The van der Waals surface area contributed by atoms with E-state index >= 15 is 0 Å². The zero-order valence-corrected chi connectivity index (χ0v) is 12.6. The van der Waals surface area contributed by atoms with E-state index in [0.717, 1.165) is 23.8 Å². The number of unbranched alkanes of at least 4 members (excludes halogenated alkanes) is 6. The third-order valence-electron chi connectivity index (χ3n) is 4.13. The van der Waals surface area contributed by atoms with Crippen LogP contribution in [0.1, 0.15) is 82.3 Å². The van der Waals surface area contributed by atoms with Crippen LogP contribution in [0, 0.1) is 6.92 Å². The molecule has 0 bridgehead atoms. The number of nitrogens with two attached hydrogens (primary N) is 1. The van der Waals surface area contributed by atoms with Crippen LogP contribution in [0.5, 0.6) is 0 Å². The average Bonchev–Trinajstić information content (AvgIpc) is 3.17. The van der Waals surface area contributed by atoms with Gasteiger partial charge < -0.3 is 10.3 Å². The SMILES string of the molecule is CCCCCCCCCc1nc(C)n(C2CC2)c1N. The second-order valence-corrected chi connectivity index (χ2v) is 5.96. The molecule has 1 aromatic heterocycles. The Hall–Kier alpha value is -0.990. The van der Waals surface area contributed by atoms with E-state index in [0.29, 0.717) is 6.04 Å². The first-order valence-corrected chi connectivity index (χ1v) is 8.07. The van der Waals surface area contributed by atoms with Crippen LogP contribution in [0.25, 0.3) is 0 Å². The first kappa shape index (κ1) is 14.4. The van der Waals surface area contributed by atoms with E-state index < -0.39 is 0 Å². The molecule has 0 aromatic carbocycles. The molecule has 0 amide bonds. The van der Waals surface area contributed by atoms with Crippen molar-refractivity contribution in [2.24, 2.45) is 0 Å². The van der Waals surface area contributed by atoms with Crippen LogP contribution >= 0.6 is 0 Å². The highest BCUT2D eigenvalue weighted by molar-refractivity contribution is 5.39. The van der Waals surface area contributed by atoms with Crippen LogP contribution in [0.15, 0.2) is 0 Å². The van der Waals surface area contributed by atoms with E-state index in [2.05, 4.69) is 23.4 Å². The Morgan fingerprint density at radius 1 is 1.11 bits per heavy atom. The number of hydrogen-bond acceptors (Lipinski definition) is 2. The number of nitrogen functional groups attached to an aromatic ring is 1. The molecule has 1 aliphatic rings. The molecule has 3 heteroatoms. The van der Waals surface area contributed by atoms with E-state index in [1.54, 1.807) is 0 Å². The molecule has 1 aliphatic carbocycles. The summed E-state index contributed by atoms with van der Waals surface area (Å²) in [6.45, 7) is 4.35. The average molecular weight is 263 g/mol. The molecular formula is C16H29N3. The van der Waals surface area contributed by atoms with Crippen molar-refractivity contribution >= 4 is 5.82 Å². The molecule has 0 unspecified atom stereocenters. The number of aromatic nitrogens is 2. The summed E-state index contributed by atoms with van der Waals surface area (Å²) < 4.78 is 2.25. The van der Waals surface area contributed by atoms with E-state index in [4.69, 9.17) is 5.73 Å². The number of rotatable bonds is 9. The quantitative estimate of drug-likeness (QED) is 0.671. The van der Waals surface area contributed by atoms with E-state index in [1.165, 1.54) is 57.8 Å². The van der Waals surface area contributed by atoms with Gasteiger partial charge in [-0.3, -0.25) is 0 Å². The van der Waals surface area contributed by atoms with Crippen LogP contribution in [-0.2, 0) is 6.42 Å². The molecule has 108 valence electrons. The van der Waals surface area contributed by atoms with Crippen LogP contribution in [0.4, 0.5) is 5.82 Å². The summed E-state index contributed by atoms with van der Waals surface area (Å²) in [5.41, 5.74) is 7.36. The molecule has 1 aromatic rings. The van der Waals surface area contributed by atoms with Gasteiger partial charge in [-0.15, -0.1) is 0 Å². The van der Waals surface area contributed by atoms with Crippen molar-refractivity contribution in [3.63, 3.8) is 0 Å². The van der Waals surface area contributed by atoms with E-state index in [9.17, 15) is 0 Å². The minimum atomic E-state index is 0.648. The Labute approximate surface area is 117 Å². The van der Waals surface area contributed by atoms with Crippen LogP contribution in [-0.4, -0.2) is 9.55 Å².